The lowest BCUT2D eigenvalue weighted by Crippen LogP contribution is -2.37. The zero-order valence-corrected chi connectivity index (χ0v) is 8.38. The van der Waals surface area contributed by atoms with Crippen molar-refractivity contribution >= 4 is 0 Å². The predicted molar refractivity (Wildman–Crippen MR) is 56.0 cm³/mol. The van der Waals surface area contributed by atoms with E-state index in [1.165, 1.54) is 18.4 Å². The molecule has 0 bridgehead atoms. The Morgan fingerprint density at radius 1 is 1.23 bits per heavy atom. The second kappa shape index (κ2) is 3.51. The van der Waals surface area contributed by atoms with E-state index in [9.17, 15) is 0 Å². The summed E-state index contributed by atoms with van der Waals surface area (Å²) in [6.45, 7) is 2.21. The van der Waals surface area contributed by atoms with Gasteiger partial charge in [0.25, 0.3) is 0 Å². The van der Waals surface area contributed by atoms with Crippen molar-refractivity contribution in [1.82, 2.24) is 5.32 Å². The molecule has 0 spiro atoms. The lowest BCUT2D eigenvalue weighted by atomic mass is 9.75. The third-order valence-electron chi connectivity index (χ3n) is 3.17. The number of benzene rings is 1. The Balaban J connectivity index is 2.07. The Kier molecular flexibility index (Phi) is 2.36. The van der Waals surface area contributed by atoms with Gasteiger partial charge in [-0.1, -0.05) is 24.3 Å². The molecule has 1 aromatic carbocycles. The summed E-state index contributed by atoms with van der Waals surface area (Å²) >= 11 is 0. The average molecular weight is 175 g/mol. The summed E-state index contributed by atoms with van der Waals surface area (Å²) in [7, 11) is 2.05. The molecule has 70 valence electrons. The molecule has 1 aromatic rings. The molecule has 1 aliphatic carbocycles. The highest BCUT2D eigenvalue weighted by atomic mass is 14.9. The van der Waals surface area contributed by atoms with Gasteiger partial charge in [-0.05, 0) is 43.9 Å². The molecule has 0 aromatic heterocycles. The van der Waals surface area contributed by atoms with Gasteiger partial charge in [-0.15, -0.1) is 0 Å². The molecule has 0 amide bonds. The van der Waals surface area contributed by atoms with Gasteiger partial charge in [-0.2, -0.15) is 0 Å². The van der Waals surface area contributed by atoms with Crippen molar-refractivity contribution in [1.29, 1.82) is 0 Å². The molecule has 1 N–H and O–H groups in total. The van der Waals surface area contributed by atoms with Crippen LogP contribution in [0.4, 0.5) is 0 Å². The van der Waals surface area contributed by atoms with Crippen molar-refractivity contribution in [2.45, 2.75) is 31.7 Å². The monoisotopic (exact) mass is 175 g/mol. The summed E-state index contributed by atoms with van der Waals surface area (Å²) in [5, 5.41) is 3.32. The molecular formula is C12H17N. The molecule has 0 radical (unpaired) electrons. The molecule has 0 heterocycles. The van der Waals surface area contributed by atoms with Gasteiger partial charge in [0.2, 0.25) is 0 Å². The van der Waals surface area contributed by atoms with Crippen LogP contribution in [0.5, 0.6) is 0 Å². The highest BCUT2D eigenvalue weighted by Crippen LogP contribution is 2.37. The largest absolute Gasteiger partial charge is 0.317 e. The first-order chi connectivity index (χ1) is 6.31. The highest BCUT2D eigenvalue weighted by molar-refractivity contribution is 5.31. The fraction of sp³-hybridized carbons (Fsp3) is 0.500. The second-order valence-corrected chi connectivity index (χ2v) is 4.01. The minimum atomic E-state index is 0.754. The van der Waals surface area contributed by atoms with E-state index in [1.54, 1.807) is 5.56 Å². The van der Waals surface area contributed by atoms with Gasteiger partial charge in [0.15, 0.2) is 0 Å². The summed E-state index contributed by atoms with van der Waals surface area (Å²) in [4.78, 5) is 0. The van der Waals surface area contributed by atoms with Crippen LogP contribution in [-0.2, 0) is 0 Å². The Hall–Kier alpha value is -0.820. The fourth-order valence-corrected chi connectivity index (χ4v) is 2.15. The van der Waals surface area contributed by atoms with Crippen LogP contribution in [0, 0.1) is 6.92 Å². The lowest BCUT2D eigenvalue weighted by Gasteiger charge is -2.36. The average Bonchev–Trinajstić information content (AvgIpc) is 2.06. The molecule has 2 rings (SSSR count). The molecule has 1 nitrogen and oxygen atoms in total. The first-order valence-electron chi connectivity index (χ1n) is 5.04. The zero-order chi connectivity index (χ0) is 9.26. The number of hydrogen-bond donors (Lipinski definition) is 1. The summed E-state index contributed by atoms with van der Waals surface area (Å²) in [6, 6.07) is 9.50. The van der Waals surface area contributed by atoms with Gasteiger partial charge < -0.3 is 5.32 Å². The first-order valence-corrected chi connectivity index (χ1v) is 5.04. The van der Waals surface area contributed by atoms with E-state index >= 15 is 0 Å². The minimum absolute atomic E-state index is 0.754. The van der Waals surface area contributed by atoms with E-state index in [0.29, 0.717) is 0 Å². The molecular weight excluding hydrogens is 158 g/mol. The van der Waals surface area contributed by atoms with Crippen molar-refractivity contribution in [3.8, 4) is 0 Å². The van der Waals surface area contributed by atoms with Crippen LogP contribution in [0.3, 0.4) is 0 Å². The molecule has 1 fully saturated rings. The topological polar surface area (TPSA) is 12.0 Å². The Morgan fingerprint density at radius 2 is 1.92 bits per heavy atom. The maximum Gasteiger partial charge on any atom is 0.00757 e. The molecule has 1 aliphatic rings. The van der Waals surface area contributed by atoms with Crippen molar-refractivity contribution in [2.24, 2.45) is 0 Å². The van der Waals surface area contributed by atoms with Gasteiger partial charge in [0.05, 0.1) is 0 Å². The van der Waals surface area contributed by atoms with Crippen LogP contribution in [0.1, 0.15) is 29.9 Å². The molecule has 0 atom stereocenters. The second-order valence-electron chi connectivity index (χ2n) is 4.01. The molecule has 13 heavy (non-hydrogen) atoms. The summed E-state index contributed by atoms with van der Waals surface area (Å²) in [5.74, 6) is 0.804. The van der Waals surface area contributed by atoms with E-state index in [2.05, 4.69) is 43.6 Å². The van der Waals surface area contributed by atoms with Crippen molar-refractivity contribution in [2.75, 3.05) is 7.05 Å². The molecule has 0 aliphatic heterocycles. The minimum Gasteiger partial charge on any atom is -0.317 e. The summed E-state index contributed by atoms with van der Waals surface area (Å²) in [5.41, 5.74) is 3.00. The number of nitrogens with one attached hydrogen (secondary N) is 1. The normalized spacial score (nSPS) is 26.9. The van der Waals surface area contributed by atoms with Crippen molar-refractivity contribution in [3.63, 3.8) is 0 Å². The number of aryl methyl sites for hydroxylation is 1. The van der Waals surface area contributed by atoms with E-state index < -0.39 is 0 Å². The molecule has 0 unspecified atom stereocenters. The number of rotatable bonds is 2. The van der Waals surface area contributed by atoms with Crippen LogP contribution in [0.2, 0.25) is 0 Å². The standard InChI is InChI=1S/C12H17N/c1-9-5-3-4-6-12(9)10-7-11(8-10)13-2/h3-6,10-11,13H,7-8H2,1-2H3. The molecule has 1 heteroatoms. The van der Waals surface area contributed by atoms with Crippen LogP contribution >= 0.6 is 0 Å². The smallest absolute Gasteiger partial charge is 0.00757 e. The van der Waals surface area contributed by atoms with Gasteiger partial charge in [0, 0.05) is 6.04 Å². The van der Waals surface area contributed by atoms with Crippen LogP contribution in [-0.4, -0.2) is 13.1 Å². The van der Waals surface area contributed by atoms with Crippen molar-refractivity contribution < 1.29 is 0 Å². The molecule has 1 saturated carbocycles. The van der Waals surface area contributed by atoms with Gasteiger partial charge in [-0.3, -0.25) is 0 Å². The van der Waals surface area contributed by atoms with Crippen LogP contribution in [0.25, 0.3) is 0 Å². The number of hydrogen-bond acceptors (Lipinski definition) is 1. The zero-order valence-electron chi connectivity index (χ0n) is 8.38. The lowest BCUT2D eigenvalue weighted by molar-refractivity contribution is 0.306. The SMILES string of the molecule is CNC1CC(c2ccccc2C)C1. The van der Waals surface area contributed by atoms with Crippen LogP contribution < -0.4 is 5.32 Å². The van der Waals surface area contributed by atoms with E-state index in [0.717, 1.165) is 12.0 Å². The fourth-order valence-electron chi connectivity index (χ4n) is 2.15. The quantitative estimate of drug-likeness (QED) is 0.728. The Bertz CT molecular complexity index is 287. The van der Waals surface area contributed by atoms with E-state index in [1.807, 2.05) is 0 Å². The van der Waals surface area contributed by atoms with Gasteiger partial charge in [0.1, 0.15) is 0 Å². The van der Waals surface area contributed by atoms with E-state index in [4.69, 9.17) is 0 Å². The Labute approximate surface area is 80.2 Å². The maximum atomic E-state index is 3.32. The Morgan fingerprint density at radius 3 is 2.54 bits per heavy atom. The van der Waals surface area contributed by atoms with Gasteiger partial charge in [-0.25, -0.2) is 0 Å². The van der Waals surface area contributed by atoms with E-state index in [-0.39, 0.29) is 0 Å². The summed E-state index contributed by atoms with van der Waals surface area (Å²) in [6.07, 6.45) is 2.61. The van der Waals surface area contributed by atoms with Crippen molar-refractivity contribution in [3.05, 3.63) is 35.4 Å². The third-order valence-corrected chi connectivity index (χ3v) is 3.17. The first kappa shape index (κ1) is 8.76. The summed E-state index contributed by atoms with van der Waals surface area (Å²) < 4.78 is 0. The maximum absolute atomic E-state index is 3.32. The van der Waals surface area contributed by atoms with Crippen LogP contribution in [0.15, 0.2) is 24.3 Å². The third kappa shape index (κ3) is 1.61. The van der Waals surface area contributed by atoms with Gasteiger partial charge >= 0.3 is 0 Å². The molecule has 0 saturated heterocycles. The predicted octanol–water partition coefficient (Wildman–Crippen LogP) is 2.46. The highest BCUT2D eigenvalue weighted by Gasteiger charge is 2.29.